The van der Waals surface area contributed by atoms with Gasteiger partial charge in [0.1, 0.15) is 0 Å². The summed E-state index contributed by atoms with van der Waals surface area (Å²) in [4.78, 5) is 7.88. The Kier molecular flexibility index (Phi) is 6.20. The van der Waals surface area contributed by atoms with E-state index in [2.05, 4.69) is 22.0 Å². The monoisotopic (exact) mass is 361 g/mol. The Morgan fingerprint density at radius 3 is 2.76 bits per heavy atom. The minimum absolute atomic E-state index is 0. The maximum atomic E-state index is 5.98. The van der Waals surface area contributed by atoms with Gasteiger partial charge in [-0.3, -0.25) is 4.90 Å². The second-order valence-corrected chi connectivity index (χ2v) is 7.51. The van der Waals surface area contributed by atoms with Gasteiger partial charge in [-0.2, -0.15) is 11.8 Å². The van der Waals surface area contributed by atoms with Crippen molar-refractivity contribution in [2.24, 2.45) is 0 Å². The first-order chi connectivity index (χ1) is 9.72. The van der Waals surface area contributed by atoms with Crippen molar-refractivity contribution in [3.8, 4) is 0 Å². The molecule has 2 heterocycles. The molecule has 1 aromatic carbocycles. The lowest BCUT2D eigenvalue weighted by molar-refractivity contribution is 0.214. The standard InChI is InChI=1S/C14H16ClN3S2.ClH/c15-11-3-1-10(2-4-11)13-9-19-6-5-18(13)8-12-7-17-14(16)20-12;/h1-4,7,13H,5-6,8-9H2,(H2,16,17);1H. The number of nitrogen functional groups attached to an aromatic ring is 1. The quantitative estimate of drug-likeness (QED) is 0.893. The van der Waals surface area contributed by atoms with Crippen LogP contribution in [0.5, 0.6) is 0 Å². The first-order valence-corrected chi connectivity index (χ1v) is 8.85. The van der Waals surface area contributed by atoms with Crippen molar-refractivity contribution in [3.05, 3.63) is 45.9 Å². The van der Waals surface area contributed by atoms with Gasteiger partial charge in [-0.15, -0.1) is 23.7 Å². The molecule has 3 rings (SSSR count). The second-order valence-electron chi connectivity index (χ2n) is 4.78. The third-order valence-electron chi connectivity index (χ3n) is 3.42. The van der Waals surface area contributed by atoms with Crippen molar-refractivity contribution in [2.75, 3.05) is 23.8 Å². The van der Waals surface area contributed by atoms with E-state index in [1.165, 1.54) is 16.2 Å². The van der Waals surface area contributed by atoms with Crippen LogP contribution < -0.4 is 5.73 Å². The van der Waals surface area contributed by atoms with Crippen molar-refractivity contribution >= 4 is 52.2 Å². The highest BCUT2D eigenvalue weighted by atomic mass is 35.5. The summed E-state index contributed by atoms with van der Waals surface area (Å²) in [7, 11) is 0. The van der Waals surface area contributed by atoms with E-state index >= 15 is 0 Å². The number of rotatable bonds is 3. The number of anilines is 1. The normalized spacial score (nSPS) is 19.2. The molecule has 114 valence electrons. The van der Waals surface area contributed by atoms with Crippen molar-refractivity contribution in [3.63, 3.8) is 0 Å². The maximum absolute atomic E-state index is 5.98. The number of aromatic nitrogens is 1. The highest BCUT2D eigenvalue weighted by molar-refractivity contribution is 7.99. The lowest BCUT2D eigenvalue weighted by Gasteiger charge is -2.35. The van der Waals surface area contributed by atoms with Gasteiger partial charge >= 0.3 is 0 Å². The SMILES string of the molecule is Cl.Nc1ncc(CN2CCSCC2c2ccc(Cl)cc2)s1. The number of nitrogens with zero attached hydrogens (tertiary/aromatic N) is 2. The third kappa shape index (κ3) is 4.27. The molecule has 2 N–H and O–H groups in total. The van der Waals surface area contributed by atoms with Crippen LogP contribution >= 0.6 is 47.1 Å². The van der Waals surface area contributed by atoms with Gasteiger partial charge in [-0.05, 0) is 17.7 Å². The number of nitrogens with two attached hydrogens (primary N) is 1. The van der Waals surface area contributed by atoms with Crippen LogP contribution in [-0.2, 0) is 6.54 Å². The molecule has 21 heavy (non-hydrogen) atoms. The van der Waals surface area contributed by atoms with Crippen LogP contribution in [0.4, 0.5) is 5.13 Å². The predicted octanol–water partition coefficient (Wildman–Crippen LogP) is 4.09. The van der Waals surface area contributed by atoms with Crippen molar-refractivity contribution in [1.82, 2.24) is 9.88 Å². The van der Waals surface area contributed by atoms with Crippen LogP contribution in [0.3, 0.4) is 0 Å². The molecule has 1 aliphatic heterocycles. The van der Waals surface area contributed by atoms with Gasteiger partial charge in [0.15, 0.2) is 5.13 Å². The van der Waals surface area contributed by atoms with Gasteiger partial charge in [0.2, 0.25) is 0 Å². The molecule has 1 aliphatic rings. The Labute approximate surface area is 144 Å². The second kappa shape index (κ2) is 7.70. The lowest BCUT2D eigenvalue weighted by atomic mass is 10.1. The number of hydrogen-bond donors (Lipinski definition) is 1. The minimum Gasteiger partial charge on any atom is -0.375 e. The van der Waals surface area contributed by atoms with Crippen LogP contribution in [0.1, 0.15) is 16.5 Å². The maximum Gasteiger partial charge on any atom is 0.180 e. The Bertz CT molecular complexity index is 574. The number of thiazole rings is 1. The van der Waals surface area contributed by atoms with E-state index in [0.29, 0.717) is 11.2 Å². The molecule has 1 saturated heterocycles. The molecule has 0 amide bonds. The smallest absolute Gasteiger partial charge is 0.180 e. The van der Waals surface area contributed by atoms with Crippen LogP contribution in [0.2, 0.25) is 5.02 Å². The van der Waals surface area contributed by atoms with Crippen LogP contribution in [-0.4, -0.2) is 27.9 Å². The molecular weight excluding hydrogens is 345 g/mol. The summed E-state index contributed by atoms with van der Waals surface area (Å²) in [6.45, 7) is 2.01. The molecule has 0 radical (unpaired) electrons. The summed E-state index contributed by atoms with van der Waals surface area (Å²) in [6.07, 6.45) is 1.89. The average Bonchev–Trinajstić information content (AvgIpc) is 2.86. The van der Waals surface area contributed by atoms with Gasteiger partial charge in [0.05, 0.1) is 0 Å². The number of benzene rings is 1. The van der Waals surface area contributed by atoms with E-state index in [1.54, 1.807) is 11.3 Å². The van der Waals surface area contributed by atoms with Gasteiger partial charge in [-0.1, -0.05) is 23.7 Å². The molecular formula is C14H17Cl2N3S2. The van der Waals surface area contributed by atoms with Crippen LogP contribution in [0, 0.1) is 0 Å². The summed E-state index contributed by atoms with van der Waals surface area (Å²) >= 11 is 9.57. The van der Waals surface area contributed by atoms with E-state index in [9.17, 15) is 0 Å². The fraction of sp³-hybridized carbons (Fsp3) is 0.357. The summed E-state index contributed by atoms with van der Waals surface area (Å²) < 4.78 is 0. The third-order valence-corrected chi connectivity index (χ3v) is 5.51. The molecule has 0 saturated carbocycles. The first kappa shape index (κ1) is 16.9. The molecule has 0 spiro atoms. The topological polar surface area (TPSA) is 42.1 Å². The highest BCUT2D eigenvalue weighted by Crippen LogP contribution is 2.32. The number of hydrogen-bond acceptors (Lipinski definition) is 5. The highest BCUT2D eigenvalue weighted by Gasteiger charge is 2.24. The zero-order valence-electron chi connectivity index (χ0n) is 11.4. The van der Waals surface area contributed by atoms with E-state index in [0.717, 1.165) is 23.9 Å². The largest absolute Gasteiger partial charge is 0.375 e. The minimum atomic E-state index is 0. The molecule has 0 aliphatic carbocycles. The van der Waals surface area contributed by atoms with Crippen molar-refractivity contribution in [1.29, 1.82) is 0 Å². The number of halogens is 2. The summed E-state index contributed by atoms with van der Waals surface area (Å²) in [6, 6.07) is 8.65. The van der Waals surface area contributed by atoms with Gasteiger partial charge in [-0.25, -0.2) is 4.98 Å². The zero-order chi connectivity index (χ0) is 13.9. The Morgan fingerprint density at radius 2 is 2.10 bits per heavy atom. The fourth-order valence-electron chi connectivity index (χ4n) is 2.42. The van der Waals surface area contributed by atoms with E-state index in [1.807, 2.05) is 30.1 Å². The molecule has 0 bridgehead atoms. The zero-order valence-corrected chi connectivity index (χ0v) is 14.6. The Hall–Kier alpha value is -0.460. The van der Waals surface area contributed by atoms with Crippen molar-refractivity contribution < 1.29 is 0 Å². The fourth-order valence-corrected chi connectivity index (χ4v) is 4.41. The van der Waals surface area contributed by atoms with Crippen LogP contribution in [0.25, 0.3) is 0 Å². The Balaban J connectivity index is 0.00000161. The van der Waals surface area contributed by atoms with Gasteiger partial charge in [0, 0.05) is 46.7 Å². The first-order valence-electron chi connectivity index (χ1n) is 6.50. The summed E-state index contributed by atoms with van der Waals surface area (Å²) in [5, 5.41) is 1.44. The molecule has 3 nitrogen and oxygen atoms in total. The number of thioether (sulfide) groups is 1. The van der Waals surface area contributed by atoms with Gasteiger partial charge in [0.25, 0.3) is 0 Å². The summed E-state index contributed by atoms with van der Waals surface area (Å²) in [5.41, 5.74) is 7.05. The Morgan fingerprint density at radius 1 is 1.33 bits per heavy atom. The van der Waals surface area contributed by atoms with E-state index < -0.39 is 0 Å². The predicted molar refractivity (Wildman–Crippen MR) is 95.7 cm³/mol. The molecule has 1 unspecified atom stereocenters. The summed E-state index contributed by atoms with van der Waals surface area (Å²) in [5.74, 6) is 2.30. The van der Waals surface area contributed by atoms with Crippen molar-refractivity contribution in [2.45, 2.75) is 12.6 Å². The molecule has 7 heteroatoms. The van der Waals surface area contributed by atoms with E-state index in [-0.39, 0.29) is 12.4 Å². The molecule has 1 atom stereocenters. The molecule has 2 aromatic rings. The molecule has 1 aromatic heterocycles. The lowest BCUT2D eigenvalue weighted by Crippen LogP contribution is -2.35. The molecule has 1 fully saturated rings. The van der Waals surface area contributed by atoms with Gasteiger partial charge < -0.3 is 5.73 Å². The average molecular weight is 362 g/mol. The van der Waals surface area contributed by atoms with Crippen LogP contribution in [0.15, 0.2) is 30.5 Å². The van der Waals surface area contributed by atoms with E-state index in [4.69, 9.17) is 17.3 Å².